The summed E-state index contributed by atoms with van der Waals surface area (Å²) in [5.41, 5.74) is 0.569. The maximum atomic E-state index is 13.7. The van der Waals surface area contributed by atoms with Gasteiger partial charge in [0, 0.05) is 25.6 Å². The summed E-state index contributed by atoms with van der Waals surface area (Å²) in [6, 6.07) is 0.375. The minimum absolute atomic E-state index is 0.116. The zero-order valence-electron chi connectivity index (χ0n) is 22.7. The number of rotatable bonds is 4. The van der Waals surface area contributed by atoms with Crippen LogP contribution in [0.25, 0.3) is 0 Å². The lowest BCUT2D eigenvalue weighted by Gasteiger charge is -2.55. The minimum Gasteiger partial charge on any atom is -0.469 e. The van der Waals surface area contributed by atoms with Gasteiger partial charge < -0.3 is 15.0 Å². The lowest BCUT2D eigenvalue weighted by molar-refractivity contribution is -0.156. The first kappa shape index (κ1) is 24.0. The summed E-state index contributed by atoms with van der Waals surface area (Å²) in [6.45, 7) is 2.05. The fraction of sp³-hybridized carbons (Fsp3) is 0.935. The molecule has 1 N–H and O–H groups in total. The number of likely N-dealkylation sites (N-methyl/N-ethyl adjacent to an activating group) is 1. The topological polar surface area (TPSA) is 58.6 Å². The molecule has 6 saturated carbocycles. The number of hydrogen-bond acceptors (Lipinski definition) is 4. The number of hydrogen-bond donors (Lipinski definition) is 1. The molecule has 5 heteroatoms. The Morgan fingerprint density at radius 2 is 1.69 bits per heavy atom. The smallest absolute Gasteiger partial charge is 0.312 e. The van der Waals surface area contributed by atoms with Crippen LogP contribution in [-0.2, 0) is 14.3 Å². The number of methoxy groups -OCH3 is 1. The van der Waals surface area contributed by atoms with Crippen molar-refractivity contribution in [2.45, 2.75) is 102 Å². The second-order valence-electron chi connectivity index (χ2n) is 14.8. The molecule has 1 saturated heterocycles. The number of amides is 1. The highest BCUT2D eigenvalue weighted by molar-refractivity contribution is 5.79. The van der Waals surface area contributed by atoms with E-state index in [1.807, 2.05) is 0 Å². The maximum absolute atomic E-state index is 13.7. The van der Waals surface area contributed by atoms with Gasteiger partial charge in [0.1, 0.15) is 0 Å². The van der Waals surface area contributed by atoms with Crippen LogP contribution < -0.4 is 5.32 Å². The lowest BCUT2D eigenvalue weighted by Crippen LogP contribution is -2.49. The summed E-state index contributed by atoms with van der Waals surface area (Å²) < 4.78 is 5.53. The summed E-state index contributed by atoms with van der Waals surface area (Å²) in [7, 11) is 3.70. The molecule has 6 bridgehead atoms. The number of piperidine rings is 1. The van der Waals surface area contributed by atoms with Crippen molar-refractivity contribution in [3.63, 3.8) is 0 Å². The summed E-state index contributed by atoms with van der Waals surface area (Å²) in [5.74, 6) is 4.38. The molecule has 0 radical (unpaired) electrons. The van der Waals surface area contributed by atoms with Crippen molar-refractivity contribution in [3.05, 3.63) is 0 Å². The molecule has 0 aromatic rings. The van der Waals surface area contributed by atoms with Gasteiger partial charge >= 0.3 is 5.97 Å². The number of fused-ring (bicyclic) bond motifs is 5. The zero-order chi connectivity index (χ0) is 24.7. The van der Waals surface area contributed by atoms with E-state index in [0.29, 0.717) is 40.5 Å². The first-order chi connectivity index (χ1) is 17.4. The van der Waals surface area contributed by atoms with E-state index in [-0.39, 0.29) is 17.3 Å². The fourth-order valence-electron chi connectivity index (χ4n) is 12.1. The van der Waals surface area contributed by atoms with Crippen molar-refractivity contribution >= 4 is 11.9 Å². The quantitative estimate of drug-likeness (QED) is 0.545. The number of carbonyl (C=O) groups is 2. The van der Waals surface area contributed by atoms with E-state index >= 15 is 0 Å². The Morgan fingerprint density at radius 3 is 2.47 bits per heavy atom. The monoisotopic (exact) mass is 496 g/mol. The van der Waals surface area contributed by atoms with Gasteiger partial charge in [0.25, 0.3) is 0 Å². The van der Waals surface area contributed by atoms with Gasteiger partial charge in [-0.2, -0.15) is 0 Å². The SMILES string of the molecule is COC(=O)C12CCCC3CC1CC(C14CC5CC(C(=O)N(C)C6CCCNC6)CC(C1)C(C5)C4)(C3)C2. The second-order valence-corrected chi connectivity index (χ2v) is 14.8. The van der Waals surface area contributed by atoms with E-state index in [1.54, 1.807) is 7.11 Å². The van der Waals surface area contributed by atoms with Crippen LogP contribution in [0.15, 0.2) is 0 Å². The van der Waals surface area contributed by atoms with Crippen LogP contribution in [0.1, 0.15) is 96.3 Å². The van der Waals surface area contributed by atoms with Crippen LogP contribution in [0.5, 0.6) is 0 Å². The zero-order valence-corrected chi connectivity index (χ0v) is 22.7. The van der Waals surface area contributed by atoms with Gasteiger partial charge in [0.2, 0.25) is 5.91 Å². The third kappa shape index (κ3) is 3.35. The molecule has 1 amide bonds. The normalized spacial score (nSPS) is 51.0. The molecule has 7 rings (SSSR count). The molecule has 10 atom stereocenters. The van der Waals surface area contributed by atoms with Gasteiger partial charge in [-0.15, -0.1) is 0 Å². The molecule has 36 heavy (non-hydrogen) atoms. The standard InChI is InChI=1S/C31H48N2O3/c1-33(26-6-4-8-32-18-26)27(34)22-9-21-10-23-15-29(14-21,16-24(23)12-22)30-13-20-5-3-7-31(19-30,28(35)36-2)25(11-20)17-30/h20-26,32H,3-19H2,1-2H3. The highest BCUT2D eigenvalue weighted by Gasteiger charge is 2.71. The molecule has 200 valence electrons. The number of ether oxygens (including phenoxy) is 1. The van der Waals surface area contributed by atoms with Crippen molar-refractivity contribution < 1.29 is 14.3 Å². The van der Waals surface area contributed by atoms with Crippen LogP contribution in [0.3, 0.4) is 0 Å². The number of esters is 1. The van der Waals surface area contributed by atoms with Crippen LogP contribution in [-0.4, -0.2) is 50.1 Å². The molecule has 5 nitrogen and oxygen atoms in total. The van der Waals surface area contributed by atoms with Crippen LogP contribution in [0.4, 0.5) is 0 Å². The van der Waals surface area contributed by atoms with Crippen molar-refractivity contribution in [2.24, 2.45) is 51.8 Å². The Labute approximate surface area is 217 Å². The molecular weight excluding hydrogens is 448 g/mol. The van der Waals surface area contributed by atoms with Crippen LogP contribution in [0, 0.1) is 51.8 Å². The summed E-state index contributed by atoms with van der Waals surface area (Å²) in [5, 5.41) is 3.50. The van der Waals surface area contributed by atoms with Gasteiger partial charge in [-0.25, -0.2) is 0 Å². The molecular formula is C31H48N2O3. The van der Waals surface area contributed by atoms with Gasteiger partial charge in [0.05, 0.1) is 12.5 Å². The predicted molar refractivity (Wildman–Crippen MR) is 139 cm³/mol. The average molecular weight is 497 g/mol. The Hall–Kier alpha value is -1.10. The Morgan fingerprint density at radius 1 is 0.889 bits per heavy atom. The lowest BCUT2D eigenvalue weighted by atomic mass is 9.50. The molecule has 1 heterocycles. The molecule has 10 unspecified atom stereocenters. The highest BCUT2D eigenvalue weighted by atomic mass is 16.5. The number of nitrogens with one attached hydrogen (secondary N) is 1. The molecule has 7 aliphatic rings. The average Bonchev–Trinajstić information content (AvgIpc) is 3.18. The van der Waals surface area contributed by atoms with Gasteiger partial charge in [-0.3, -0.25) is 9.59 Å². The summed E-state index contributed by atoms with van der Waals surface area (Å²) in [4.78, 5) is 29.2. The van der Waals surface area contributed by atoms with Crippen LogP contribution in [0.2, 0.25) is 0 Å². The van der Waals surface area contributed by atoms with E-state index in [1.165, 1.54) is 64.2 Å². The molecule has 0 aromatic heterocycles. The van der Waals surface area contributed by atoms with E-state index in [9.17, 15) is 9.59 Å². The highest BCUT2D eigenvalue weighted by Crippen LogP contribution is 2.78. The van der Waals surface area contributed by atoms with Gasteiger partial charge in [0.15, 0.2) is 0 Å². The van der Waals surface area contributed by atoms with E-state index in [4.69, 9.17) is 4.74 Å². The molecule has 7 fully saturated rings. The Bertz CT molecular complexity index is 911. The Kier molecular flexibility index (Phi) is 5.63. The van der Waals surface area contributed by atoms with Crippen molar-refractivity contribution in [1.29, 1.82) is 0 Å². The van der Waals surface area contributed by atoms with Crippen LogP contribution >= 0.6 is 0 Å². The maximum Gasteiger partial charge on any atom is 0.312 e. The molecule has 1 aliphatic heterocycles. The largest absolute Gasteiger partial charge is 0.469 e. The fourth-order valence-corrected chi connectivity index (χ4v) is 12.1. The third-order valence-corrected chi connectivity index (χ3v) is 13.3. The summed E-state index contributed by atoms with van der Waals surface area (Å²) in [6.07, 6.45) is 18.6. The van der Waals surface area contributed by atoms with E-state index in [0.717, 1.165) is 57.0 Å². The Balaban J connectivity index is 1.15. The first-order valence-electron chi connectivity index (χ1n) is 15.4. The van der Waals surface area contributed by atoms with E-state index in [2.05, 4.69) is 17.3 Å². The van der Waals surface area contributed by atoms with Crippen molar-refractivity contribution in [1.82, 2.24) is 10.2 Å². The number of nitrogens with zero attached hydrogens (tertiary/aromatic N) is 1. The first-order valence-corrected chi connectivity index (χ1v) is 15.4. The minimum atomic E-state index is -0.200. The second kappa shape index (κ2) is 8.45. The number of carbonyl (C=O) groups excluding carboxylic acids is 2. The van der Waals surface area contributed by atoms with E-state index < -0.39 is 0 Å². The molecule has 6 aliphatic carbocycles. The third-order valence-electron chi connectivity index (χ3n) is 13.3. The predicted octanol–water partition coefficient (Wildman–Crippen LogP) is 5.18. The molecule has 0 spiro atoms. The van der Waals surface area contributed by atoms with Gasteiger partial charge in [-0.1, -0.05) is 12.8 Å². The van der Waals surface area contributed by atoms with Crippen molar-refractivity contribution in [3.8, 4) is 0 Å². The van der Waals surface area contributed by atoms with Crippen molar-refractivity contribution in [2.75, 3.05) is 27.2 Å². The van der Waals surface area contributed by atoms with Gasteiger partial charge in [-0.05, 0) is 130 Å². The summed E-state index contributed by atoms with van der Waals surface area (Å²) >= 11 is 0. The molecule has 0 aromatic carbocycles.